The van der Waals surface area contributed by atoms with Gasteiger partial charge in [-0.3, -0.25) is 4.90 Å². The van der Waals surface area contributed by atoms with Gasteiger partial charge in [0.1, 0.15) is 0 Å². The molecule has 0 bridgehead atoms. The quantitative estimate of drug-likeness (QED) is 0.640. The van der Waals surface area contributed by atoms with E-state index in [2.05, 4.69) is 11.8 Å². The van der Waals surface area contributed by atoms with Crippen molar-refractivity contribution >= 4 is 12.4 Å². The Bertz CT molecular complexity index is 116. The molecule has 0 aromatic heterocycles. The van der Waals surface area contributed by atoms with Crippen LogP contribution in [0.25, 0.3) is 0 Å². The van der Waals surface area contributed by atoms with Gasteiger partial charge in [-0.15, -0.1) is 12.4 Å². The van der Waals surface area contributed by atoms with Crippen molar-refractivity contribution in [1.82, 2.24) is 4.90 Å². The Hall–Kier alpha value is 0.210. The van der Waals surface area contributed by atoms with E-state index in [0.29, 0.717) is 0 Å². The summed E-state index contributed by atoms with van der Waals surface area (Å²) in [6.45, 7) is 7.72. The highest BCUT2D eigenvalue weighted by Gasteiger charge is 2.08. The summed E-state index contributed by atoms with van der Waals surface area (Å²) in [5.41, 5.74) is 0. The van der Waals surface area contributed by atoms with Crippen LogP contribution in [-0.4, -0.2) is 37.7 Å². The Kier molecular flexibility index (Phi) is 9.90. The fourth-order valence-electron chi connectivity index (χ4n) is 1.76. The van der Waals surface area contributed by atoms with Crippen LogP contribution in [0, 0.1) is 0 Å². The van der Waals surface area contributed by atoms with Gasteiger partial charge in [0.15, 0.2) is 0 Å². The average Bonchev–Trinajstić information content (AvgIpc) is 2.19. The van der Waals surface area contributed by atoms with E-state index < -0.39 is 0 Å². The number of rotatable bonds is 6. The predicted molar refractivity (Wildman–Crippen MR) is 63.3 cm³/mol. The van der Waals surface area contributed by atoms with Crippen LogP contribution >= 0.6 is 12.4 Å². The Morgan fingerprint density at radius 3 is 2.29 bits per heavy atom. The molecule has 0 amide bonds. The standard InChI is InChI=1S/C11H23NO.ClH/c1-2-3-4-5-6-7-12-8-10-13-11-9-12;/h2-11H2,1H3;1H. The van der Waals surface area contributed by atoms with E-state index in [1.165, 1.54) is 38.6 Å². The van der Waals surface area contributed by atoms with Crippen LogP contribution in [0.3, 0.4) is 0 Å². The second-order valence-electron chi connectivity index (χ2n) is 3.87. The number of hydrogen-bond donors (Lipinski definition) is 0. The molecule has 1 aliphatic heterocycles. The van der Waals surface area contributed by atoms with E-state index in [0.717, 1.165) is 26.3 Å². The summed E-state index contributed by atoms with van der Waals surface area (Å²) in [5.74, 6) is 0. The molecule has 0 radical (unpaired) electrons. The molecule has 0 aliphatic carbocycles. The van der Waals surface area contributed by atoms with E-state index in [1.807, 2.05) is 0 Å². The fourth-order valence-corrected chi connectivity index (χ4v) is 1.76. The van der Waals surface area contributed by atoms with Gasteiger partial charge in [-0.25, -0.2) is 0 Å². The minimum absolute atomic E-state index is 0. The third-order valence-electron chi connectivity index (χ3n) is 2.68. The molecule has 0 N–H and O–H groups in total. The van der Waals surface area contributed by atoms with Crippen LogP contribution < -0.4 is 0 Å². The molecule has 1 saturated heterocycles. The van der Waals surface area contributed by atoms with Gasteiger partial charge in [0.05, 0.1) is 13.2 Å². The molecule has 0 atom stereocenters. The molecule has 0 spiro atoms. The maximum absolute atomic E-state index is 5.30. The van der Waals surface area contributed by atoms with Crippen LogP contribution in [-0.2, 0) is 4.74 Å². The minimum atomic E-state index is 0. The second kappa shape index (κ2) is 9.75. The summed E-state index contributed by atoms with van der Waals surface area (Å²) < 4.78 is 5.30. The predicted octanol–water partition coefficient (Wildman–Crippen LogP) is 2.71. The van der Waals surface area contributed by atoms with Crippen molar-refractivity contribution in [1.29, 1.82) is 0 Å². The molecule has 1 aliphatic rings. The fraction of sp³-hybridized carbons (Fsp3) is 1.00. The van der Waals surface area contributed by atoms with Crippen molar-refractivity contribution in [3.05, 3.63) is 0 Å². The topological polar surface area (TPSA) is 12.5 Å². The first kappa shape index (κ1) is 14.2. The van der Waals surface area contributed by atoms with Crippen molar-refractivity contribution in [2.24, 2.45) is 0 Å². The SMILES string of the molecule is CCCCCCCN1CCOCC1.Cl. The van der Waals surface area contributed by atoms with Crippen molar-refractivity contribution in [2.75, 3.05) is 32.8 Å². The first-order chi connectivity index (χ1) is 6.43. The Morgan fingerprint density at radius 2 is 1.64 bits per heavy atom. The molecule has 3 heteroatoms. The zero-order valence-corrected chi connectivity index (χ0v) is 10.2. The van der Waals surface area contributed by atoms with Crippen LogP contribution in [0.15, 0.2) is 0 Å². The van der Waals surface area contributed by atoms with E-state index in [-0.39, 0.29) is 12.4 Å². The monoisotopic (exact) mass is 221 g/mol. The molecule has 0 unspecified atom stereocenters. The zero-order chi connectivity index (χ0) is 9.36. The van der Waals surface area contributed by atoms with E-state index in [1.54, 1.807) is 0 Å². The minimum Gasteiger partial charge on any atom is -0.379 e. The molecule has 1 rings (SSSR count). The van der Waals surface area contributed by atoms with Gasteiger partial charge < -0.3 is 4.74 Å². The molecule has 86 valence electrons. The van der Waals surface area contributed by atoms with Crippen molar-refractivity contribution in [3.63, 3.8) is 0 Å². The molecule has 1 heterocycles. The normalized spacial score (nSPS) is 17.8. The molecular weight excluding hydrogens is 198 g/mol. The van der Waals surface area contributed by atoms with Crippen LogP contribution in [0.5, 0.6) is 0 Å². The molecule has 0 aromatic carbocycles. The lowest BCUT2D eigenvalue weighted by atomic mass is 10.1. The van der Waals surface area contributed by atoms with Crippen LogP contribution in [0.4, 0.5) is 0 Å². The zero-order valence-electron chi connectivity index (χ0n) is 9.33. The summed E-state index contributed by atoms with van der Waals surface area (Å²) in [6.07, 6.45) is 6.95. The molecule has 0 aromatic rings. The number of hydrogen-bond acceptors (Lipinski definition) is 2. The smallest absolute Gasteiger partial charge is 0.0594 e. The van der Waals surface area contributed by atoms with Gasteiger partial charge in [0.2, 0.25) is 0 Å². The highest BCUT2D eigenvalue weighted by molar-refractivity contribution is 5.85. The van der Waals surface area contributed by atoms with E-state index in [9.17, 15) is 0 Å². The first-order valence-electron chi connectivity index (χ1n) is 5.73. The molecule has 2 nitrogen and oxygen atoms in total. The molecular formula is C11H24ClNO. The summed E-state index contributed by atoms with van der Waals surface area (Å²) in [7, 11) is 0. The van der Waals surface area contributed by atoms with Gasteiger partial charge >= 0.3 is 0 Å². The summed E-state index contributed by atoms with van der Waals surface area (Å²) in [5, 5.41) is 0. The third-order valence-corrected chi connectivity index (χ3v) is 2.68. The molecule has 14 heavy (non-hydrogen) atoms. The average molecular weight is 222 g/mol. The molecule has 1 fully saturated rings. The van der Waals surface area contributed by atoms with Gasteiger partial charge in [-0.1, -0.05) is 32.6 Å². The number of nitrogens with zero attached hydrogens (tertiary/aromatic N) is 1. The van der Waals surface area contributed by atoms with Crippen LogP contribution in [0.2, 0.25) is 0 Å². The Morgan fingerprint density at radius 1 is 1.00 bits per heavy atom. The number of halogens is 1. The van der Waals surface area contributed by atoms with Gasteiger partial charge in [-0.2, -0.15) is 0 Å². The lowest BCUT2D eigenvalue weighted by Crippen LogP contribution is -2.36. The summed E-state index contributed by atoms with van der Waals surface area (Å²) in [4.78, 5) is 2.52. The van der Waals surface area contributed by atoms with Crippen molar-refractivity contribution in [2.45, 2.75) is 39.0 Å². The number of unbranched alkanes of at least 4 members (excludes halogenated alkanes) is 4. The first-order valence-corrected chi connectivity index (χ1v) is 5.73. The lowest BCUT2D eigenvalue weighted by molar-refractivity contribution is 0.0371. The largest absolute Gasteiger partial charge is 0.379 e. The second-order valence-corrected chi connectivity index (χ2v) is 3.87. The van der Waals surface area contributed by atoms with Crippen molar-refractivity contribution < 1.29 is 4.74 Å². The third kappa shape index (κ3) is 6.63. The Balaban J connectivity index is 0.00000169. The Labute approximate surface area is 94.4 Å². The number of ether oxygens (including phenoxy) is 1. The molecule has 0 saturated carbocycles. The highest BCUT2D eigenvalue weighted by atomic mass is 35.5. The maximum Gasteiger partial charge on any atom is 0.0594 e. The van der Waals surface area contributed by atoms with Crippen molar-refractivity contribution in [3.8, 4) is 0 Å². The summed E-state index contributed by atoms with van der Waals surface area (Å²) in [6, 6.07) is 0. The lowest BCUT2D eigenvalue weighted by Gasteiger charge is -2.26. The van der Waals surface area contributed by atoms with E-state index in [4.69, 9.17) is 4.74 Å². The van der Waals surface area contributed by atoms with Gasteiger partial charge in [0.25, 0.3) is 0 Å². The maximum atomic E-state index is 5.30. The summed E-state index contributed by atoms with van der Waals surface area (Å²) >= 11 is 0. The highest BCUT2D eigenvalue weighted by Crippen LogP contribution is 2.05. The van der Waals surface area contributed by atoms with E-state index >= 15 is 0 Å². The number of morpholine rings is 1. The van der Waals surface area contributed by atoms with Gasteiger partial charge in [0, 0.05) is 13.1 Å². The van der Waals surface area contributed by atoms with Gasteiger partial charge in [-0.05, 0) is 13.0 Å². The van der Waals surface area contributed by atoms with Crippen LogP contribution in [0.1, 0.15) is 39.0 Å².